The van der Waals surface area contributed by atoms with Gasteiger partial charge in [0.1, 0.15) is 5.75 Å². The third kappa shape index (κ3) is 4.57. The summed E-state index contributed by atoms with van der Waals surface area (Å²) in [5, 5.41) is 20.9. The van der Waals surface area contributed by atoms with Crippen molar-refractivity contribution in [2.24, 2.45) is 23.7 Å². The fourth-order valence-corrected chi connectivity index (χ4v) is 8.47. The second-order valence-corrected chi connectivity index (χ2v) is 13.1. The Kier molecular flexibility index (Phi) is 7.26. The zero-order valence-corrected chi connectivity index (χ0v) is 26.1. The zero-order valence-electron chi connectivity index (χ0n) is 26.1. The van der Waals surface area contributed by atoms with E-state index >= 15 is 4.79 Å². The van der Waals surface area contributed by atoms with Crippen LogP contribution in [0.1, 0.15) is 47.4 Å². The number of phenolic OH excluding ortho intramolecular Hbond substituents is 1. The summed E-state index contributed by atoms with van der Waals surface area (Å²) in [6.07, 6.45) is 2.00. The first-order valence-electron chi connectivity index (χ1n) is 15.9. The topological polar surface area (TPSA) is 144 Å². The number of rotatable bonds is 7. The Morgan fingerprint density at radius 1 is 0.915 bits per heavy atom. The van der Waals surface area contributed by atoms with E-state index in [1.165, 1.54) is 0 Å². The number of nitrogens with one attached hydrogen (secondary N) is 1. The molecule has 3 fully saturated rings. The van der Waals surface area contributed by atoms with Gasteiger partial charge < -0.3 is 10.2 Å². The van der Waals surface area contributed by atoms with Crippen LogP contribution in [-0.4, -0.2) is 56.3 Å². The first-order chi connectivity index (χ1) is 22.5. The van der Waals surface area contributed by atoms with Crippen LogP contribution in [-0.2, 0) is 29.4 Å². The summed E-state index contributed by atoms with van der Waals surface area (Å²) in [7, 11) is 0. The van der Waals surface area contributed by atoms with Gasteiger partial charge in [-0.3, -0.25) is 34.3 Å². The fourth-order valence-electron chi connectivity index (χ4n) is 8.47. The molecule has 10 heteroatoms. The molecule has 2 aliphatic carbocycles. The van der Waals surface area contributed by atoms with E-state index in [0.29, 0.717) is 22.4 Å². The molecule has 4 aliphatic rings. The van der Waals surface area contributed by atoms with E-state index in [9.17, 15) is 29.4 Å². The Balaban J connectivity index is 1.42. The van der Waals surface area contributed by atoms with E-state index in [2.05, 4.69) is 5.43 Å². The molecule has 0 radical (unpaired) electrons. The highest BCUT2D eigenvalue weighted by atomic mass is 16.4. The second-order valence-electron chi connectivity index (χ2n) is 13.1. The number of aromatic hydroxyl groups is 1. The van der Waals surface area contributed by atoms with Crippen LogP contribution in [0.3, 0.4) is 0 Å². The largest absolute Gasteiger partial charge is 0.508 e. The Bertz CT molecular complexity index is 1850. The maximum atomic E-state index is 15.1. The molecule has 2 aliphatic heterocycles. The molecule has 10 nitrogen and oxygen atoms in total. The fraction of sp³-hybridized carbons (Fsp3) is 0.324. The number of hydrazine groups is 1. The molecule has 240 valence electrons. The summed E-state index contributed by atoms with van der Waals surface area (Å²) in [4.78, 5) is 69.5. The summed E-state index contributed by atoms with van der Waals surface area (Å²) in [5.41, 5.74) is 6.03. The molecular formula is C37H35N3O7. The van der Waals surface area contributed by atoms with Crippen LogP contribution in [0, 0.1) is 37.5 Å². The van der Waals surface area contributed by atoms with Crippen molar-refractivity contribution >= 4 is 35.3 Å². The SMILES string of the molecule is Cc1ccc(NN2C(=O)C3CC4C(=CCC5C(=O)N(CCC(=O)O)C(=O)C54)C(c4ccc(O)c(C)c4)C3(c3ccccc3)C2=O)cc1. The van der Waals surface area contributed by atoms with E-state index < -0.39 is 64.6 Å². The first kappa shape index (κ1) is 30.4. The molecule has 3 N–H and O–H groups in total. The number of hydrogen-bond donors (Lipinski definition) is 3. The minimum atomic E-state index is -1.40. The number of aliphatic carboxylic acids is 1. The van der Waals surface area contributed by atoms with Crippen molar-refractivity contribution in [2.75, 3.05) is 12.0 Å². The number of carbonyl (C=O) groups excluding carboxylic acids is 4. The van der Waals surface area contributed by atoms with Gasteiger partial charge in [-0.25, -0.2) is 0 Å². The lowest BCUT2D eigenvalue weighted by Crippen LogP contribution is -2.53. The van der Waals surface area contributed by atoms with Gasteiger partial charge >= 0.3 is 5.97 Å². The number of benzene rings is 3. The van der Waals surface area contributed by atoms with E-state index in [1.54, 1.807) is 31.2 Å². The van der Waals surface area contributed by atoms with Crippen LogP contribution in [0.5, 0.6) is 5.75 Å². The van der Waals surface area contributed by atoms with Gasteiger partial charge in [0.15, 0.2) is 0 Å². The number of nitrogens with zero attached hydrogens (tertiary/aromatic N) is 2. The second kappa shape index (κ2) is 11.2. The minimum absolute atomic E-state index is 0.0891. The van der Waals surface area contributed by atoms with E-state index in [4.69, 9.17) is 0 Å². The number of allylic oxidation sites excluding steroid dienone is 2. The highest BCUT2D eigenvalue weighted by Gasteiger charge is 2.70. The van der Waals surface area contributed by atoms with Crippen LogP contribution in [0.2, 0.25) is 0 Å². The van der Waals surface area contributed by atoms with Crippen molar-refractivity contribution in [3.63, 3.8) is 0 Å². The maximum absolute atomic E-state index is 15.1. The van der Waals surface area contributed by atoms with Gasteiger partial charge in [-0.1, -0.05) is 71.8 Å². The number of likely N-dealkylation sites (tertiary alicyclic amines) is 1. The van der Waals surface area contributed by atoms with Gasteiger partial charge in [0.2, 0.25) is 11.8 Å². The lowest BCUT2D eigenvalue weighted by Gasteiger charge is -2.50. The Morgan fingerprint density at radius 2 is 1.64 bits per heavy atom. The highest BCUT2D eigenvalue weighted by molar-refractivity contribution is 6.13. The molecule has 0 spiro atoms. The first-order valence-corrected chi connectivity index (χ1v) is 15.9. The van der Waals surface area contributed by atoms with E-state index in [0.717, 1.165) is 21.0 Å². The van der Waals surface area contributed by atoms with Crippen molar-refractivity contribution < 1.29 is 34.2 Å². The molecule has 6 atom stereocenters. The van der Waals surface area contributed by atoms with Gasteiger partial charge in [-0.2, -0.15) is 5.01 Å². The third-order valence-corrected chi connectivity index (χ3v) is 10.6. The number of carboxylic acid groups (broad SMARTS) is 1. The molecule has 1 saturated carbocycles. The monoisotopic (exact) mass is 633 g/mol. The van der Waals surface area contributed by atoms with Gasteiger partial charge in [0.25, 0.3) is 11.8 Å². The molecule has 2 saturated heterocycles. The smallest absolute Gasteiger partial charge is 0.305 e. The molecule has 3 aromatic carbocycles. The minimum Gasteiger partial charge on any atom is -0.508 e. The van der Waals surface area contributed by atoms with Crippen LogP contribution < -0.4 is 5.43 Å². The molecule has 3 aromatic rings. The number of carboxylic acids is 1. The number of imide groups is 2. The summed E-state index contributed by atoms with van der Waals surface area (Å²) >= 11 is 0. The average molecular weight is 634 g/mol. The lowest BCUT2D eigenvalue weighted by molar-refractivity contribution is -0.143. The summed E-state index contributed by atoms with van der Waals surface area (Å²) in [6, 6.07) is 21.8. The number of hydrogen-bond acceptors (Lipinski definition) is 7. The number of anilines is 1. The molecular weight excluding hydrogens is 598 g/mol. The average Bonchev–Trinajstić information content (AvgIpc) is 3.43. The predicted molar refractivity (Wildman–Crippen MR) is 171 cm³/mol. The maximum Gasteiger partial charge on any atom is 0.305 e. The van der Waals surface area contributed by atoms with Crippen molar-refractivity contribution in [3.8, 4) is 5.75 Å². The van der Waals surface area contributed by atoms with Gasteiger partial charge in [0.05, 0.1) is 35.3 Å². The van der Waals surface area contributed by atoms with Crippen molar-refractivity contribution in [2.45, 2.75) is 44.4 Å². The lowest BCUT2D eigenvalue weighted by atomic mass is 9.49. The number of carbonyl (C=O) groups is 5. The van der Waals surface area contributed by atoms with Crippen LogP contribution in [0.15, 0.2) is 84.4 Å². The molecule has 2 heterocycles. The quantitative estimate of drug-likeness (QED) is 0.256. The van der Waals surface area contributed by atoms with Crippen molar-refractivity contribution in [1.82, 2.24) is 9.91 Å². The predicted octanol–water partition coefficient (Wildman–Crippen LogP) is 4.47. The number of fused-ring (bicyclic) bond motifs is 4. The van der Waals surface area contributed by atoms with Crippen molar-refractivity contribution in [1.29, 1.82) is 0 Å². The van der Waals surface area contributed by atoms with E-state index in [1.807, 2.05) is 61.5 Å². The van der Waals surface area contributed by atoms with Gasteiger partial charge in [-0.05, 0) is 67.5 Å². The molecule has 6 unspecified atom stereocenters. The van der Waals surface area contributed by atoms with Gasteiger partial charge in [0, 0.05) is 12.5 Å². The highest BCUT2D eigenvalue weighted by Crippen LogP contribution is 2.64. The van der Waals surface area contributed by atoms with Crippen LogP contribution in [0.4, 0.5) is 5.69 Å². The number of aryl methyl sites for hydroxylation is 2. The molecule has 0 bridgehead atoms. The molecule has 47 heavy (non-hydrogen) atoms. The summed E-state index contributed by atoms with van der Waals surface area (Å²) < 4.78 is 0. The van der Waals surface area contributed by atoms with Crippen LogP contribution in [0.25, 0.3) is 0 Å². The third-order valence-electron chi connectivity index (χ3n) is 10.6. The molecule has 0 aromatic heterocycles. The van der Waals surface area contributed by atoms with Gasteiger partial charge in [-0.15, -0.1) is 0 Å². The molecule has 7 rings (SSSR count). The Morgan fingerprint density at radius 3 is 2.32 bits per heavy atom. The normalized spacial score (nSPS) is 28.1. The van der Waals surface area contributed by atoms with E-state index in [-0.39, 0.29) is 31.6 Å². The summed E-state index contributed by atoms with van der Waals surface area (Å²) in [5.74, 6) is -6.31. The number of phenols is 1. The Labute approximate surface area is 271 Å². The van der Waals surface area contributed by atoms with Crippen molar-refractivity contribution in [3.05, 3.63) is 107 Å². The standard InChI is InChI=1S/C37H35N3O7/c1-20-8-11-24(12-9-20)38-40-34(45)28-19-27-25(13-14-26-31(27)35(46)39(33(26)44)17-16-30(42)43)32(22-10-15-29(41)21(2)18-22)37(28,36(40)47)23-6-4-3-5-7-23/h3-13,15,18,26-28,31-32,38,41H,14,16-17,19H2,1-2H3,(H,42,43). The van der Waals surface area contributed by atoms with Crippen LogP contribution >= 0.6 is 0 Å². The molecule has 4 amide bonds. The number of amides is 4. The Hall–Kier alpha value is -5.25. The zero-order chi connectivity index (χ0) is 33.2. The summed E-state index contributed by atoms with van der Waals surface area (Å²) in [6.45, 7) is 3.49.